The van der Waals surface area contributed by atoms with Crippen LogP contribution in [0.2, 0.25) is 0 Å². The van der Waals surface area contributed by atoms with E-state index in [2.05, 4.69) is 31.3 Å². The molecule has 1 N–H and O–H groups in total. The summed E-state index contributed by atoms with van der Waals surface area (Å²) >= 11 is 0. The molecule has 0 saturated carbocycles. The maximum Gasteiger partial charge on any atom is 0.119 e. The summed E-state index contributed by atoms with van der Waals surface area (Å²) in [6, 6.07) is 16.2. The van der Waals surface area contributed by atoms with E-state index in [1.165, 1.54) is 5.56 Å². The summed E-state index contributed by atoms with van der Waals surface area (Å²) < 4.78 is 16.3. The Bertz CT molecular complexity index is 594. The van der Waals surface area contributed by atoms with Crippen LogP contribution >= 0.6 is 0 Å². The number of benzene rings is 2. The molecule has 0 bridgehead atoms. The van der Waals surface area contributed by atoms with Crippen LogP contribution < -0.4 is 14.8 Å². The van der Waals surface area contributed by atoms with Crippen molar-refractivity contribution in [3.05, 3.63) is 54.1 Å². The molecular formula is C21H29NO3. The topological polar surface area (TPSA) is 39.7 Å². The van der Waals surface area contributed by atoms with Crippen molar-refractivity contribution in [2.45, 2.75) is 26.8 Å². The van der Waals surface area contributed by atoms with Gasteiger partial charge in [0.1, 0.15) is 18.1 Å². The fourth-order valence-electron chi connectivity index (χ4n) is 2.23. The van der Waals surface area contributed by atoms with E-state index in [9.17, 15) is 0 Å². The minimum absolute atomic E-state index is 0.569. The molecule has 2 aromatic carbocycles. The van der Waals surface area contributed by atoms with E-state index in [0.29, 0.717) is 19.1 Å². The summed E-state index contributed by atoms with van der Waals surface area (Å²) in [4.78, 5) is 0. The zero-order valence-corrected chi connectivity index (χ0v) is 15.5. The van der Waals surface area contributed by atoms with E-state index in [1.54, 1.807) is 7.11 Å². The lowest BCUT2D eigenvalue weighted by atomic mass is 10.1. The Morgan fingerprint density at radius 3 is 2.00 bits per heavy atom. The van der Waals surface area contributed by atoms with Crippen LogP contribution in [0.5, 0.6) is 11.5 Å². The first-order valence-corrected chi connectivity index (χ1v) is 8.85. The smallest absolute Gasteiger partial charge is 0.119 e. The van der Waals surface area contributed by atoms with Crippen molar-refractivity contribution < 1.29 is 14.2 Å². The summed E-state index contributed by atoms with van der Waals surface area (Å²) in [7, 11) is 1.67. The van der Waals surface area contributed by atoms with Crippen LogP contribution in [-0.4, -0.2) is 26.9 Å². The molecule has 0 heterocycles. The van der Waals surface area contributed by atoms with Crippen molar-refractivity contribution in [1.82, 2.24) is 0 Å². The molecule has 136 valence electrons. The largest absolute Gasteiger partial charge is 0.494 e. The van der Waals surface area contributed by atoms with Crippen LogP contribution in [0, 0.1) is 5.92 Å². The van der Waals surface area contributed by atoms with Gasteiger partial charge in [0.15, 0.2) is 0 Å². The van der Waals surface area contributed by atoms with Gasteiger partial charge in [0.25, 0.3) is 0 Å². The van der Waals surface area contributed by atoms with Gasteiger partial charge in [0, 0.05) is 19.3 Å². The number of rotatable bonds is 11. The van der Waals surface area contributed by atoms with Gasteiger partial charge in [-0.2, -0.15) is 0 Å². The van der Waals surface area contributed by atoms with E-state index >= 15 is 0 Å². The second-order valence-corrected chi connectivity index (χ2v) is 6.39. The number of hydrogen-bond acceptors (Lipinski definition) is 4. The Balaban J connectivity index is 1.75. The third kappa shape index (κ3) is 7.48. The van der Waals surface area contributed by atoms with E-state index < -0.39 is 0 Å². The van der Waals surface area contributed by atoms with Crippen molar-refractivity contribution in [3.63, 3.8) is 0 Å². The molecule has 2 rings (SSSR count). The highest BCUT2D eigenvalue weighted by molar-refractivity contribution is 5.47. The lowest BCUT2D eigenvalue weighted by Crippen LogP contribution is -2.04. The second-order valence-electron chi connectivity index (χ2n) is 6.39. The summed E-state index contributed by atoms with van der Waals surface area (Å²) in [6.07, 6.45) is 1.07. The molecule has 25 heavy (non-hydrogen) atoms. The van der Waals surface area contributed by atoms with Crippen LogP contribution in [0.15, 0.2) is 48.5 Å². The zero-order valence-electron chi connectivity index (χ0n) is 15.5. The van der Waals surface area contributed by atoms with Gasteiger partial charge >= 0.3 is 0 Å². The molecule has 0 spiro atoms. The summed E-state index contributed by atoms with van der Waals surface area (Å²) in [5.41, 5.74) is 2.29. The fourth-order valence-corrected chi connectivity index (χ4v) is 2.23. The van der Waals surface area contributed by atoms with Crippen LogP contribution in [0.3, 0.4) is 0 Å². The van der Waals surface area contributed by atoms with Crippen molar-refractivity contribution >= 4 is 5.69 Å². The lowest BCUT2D eigenvalue weighted by molar-refractivity contribution is 0.146. The van der Waals surface area contributed by atoms with Gasteiger partial charge in [-0.05, 0) is 54.3 Å². The van der Waals surface area contributed by atoms with Crippen LogP contribution in [-0.2, 0) is 11.3 Å². The summed E-state index contributed by atoms with van der Waals surface area (Å²) in [5, 5.41) is 3.42. The highest BCUT2D eigenvalue weighted by atomic mass is 16.5. The number of anilines is 1. The molecule has 0 unspecified atom stereocenters. The Hall–Kier alpha value is -2.20. The van der Waals surface area contributed by atoms with Gasteiger partial charge < -0.3 is 19.5 Å². The lowest BCUT2D eigenvalue weighted by Gasteiger charge is -2.11. The molecule has 0 atom stereocenters. The van der Waals surface area contributed by atoms with Crippen LogP contribution in [0.25, 0.3) is 0 Å². The number of hydrogen-bond donors (Lipinski definition) is 1. The van der Waals surface area contributed by atoms with Crippen molar-refractivity contribution in [3.8, 4) is 11.5 Å². The monoisotopic (exact) mass is 343 g/mol. The Morgan fingerprint density at radius 2 is 1.40 bits per heavy atom. The van der Waals surface area contributed by atoms with Crippen molar-refractivity contribution in [1.29, 1.82) is 0 Å². The van der Waals surface area contributed by atoms with Crippen LogP contribution in [0.1, 0.15) is 25.8 Å². The SMILES string of the molecule is COCCOc1ccc(CNc2ccc(OCCC(C)C)cc2)cc1. The molecule has 0 amide bonds. The Morgan fingerprint density at radius 1 is 0.800 bits per heavy atom. The van der Waals surface area contributed by atoms with E-state index in [0.717, 1.165) is 36.8 Å². The van der Waals surface area contributed by atoms with Crippen molar-refractivity contribution in [2.75, 3.05) is 32.2 Å². The number of ether oxygens (including phenoxy) is 3. The number of methoxy groups -OCH3 is 1. The summed E-state index contributed by atoms with van der Waals surface area (Å²) in [6.45, 7) is 7.11. The molecule has 0 saturated heterocycles. The number of nitrogens with one attached hydrogen (secondary N) is 1. The van der Waals surface area contributed by atoms with E-state index in [1.807, 2.05) is 36.4 Å². The predicted octanol–water partition coefficient (Wildman–Crippen LogP) is 4.75. The Kier molecular flexibility index (Phi) is 8.13. The second kappa shape index (κ2) is 10.6. The molecule has 0 radical (unpaired) electrons. The first kappa shape index (κ1) is 19.1. The third-order valence-electron chi connectivity index (χ3n) is 3.79. The van der Waals surface area contributed by atoms with Gasteiger partial charge in [-0.15, -0.1) is 0 Å². The van der Waals surface area contributed by atoms with E-state index in [-0.39, 0.29) is 0 Å². The molecule has 4 nitrogen and oxygen atoms in total. The van der Waals surface area contributed by atoms with Gasteiger partial charge in [-0.3, -0.25) is 0 Å². The van der Waals surface area contributed by atoms with E-state index in [4.69, 9.17) is 14.2 Å². The third-order valence-corrected chi connectivity index (χ3v) is 3.79. The molecule has 0 aliphatic heterocycles. The Labute approximate surface area is 151 Å². The van der Waals surface area contributed by atoms with Crippen LogP contribution in [0.4, 0.5) is 5.69 Å². The predicted molar refractivity (Wildman–Crippen MR) is 103 cm³/mol. The van der Waals surface area contributed by atoms with Gasteiger partial charge in [-0.1, -0.05) is 26.0 Å². The molecule has 0 aromatic heterocycles. The molecule has 0 aliphatic rings. The molecular weight excluding hydrogens is 314 g/mol. The standard InChI is InChI=1S/C21H29NO3/c1-17(2)12-13-24-21-10-6-19(7-11-21)22-16-18-4-8-20(9-5-18)25-15-14-23-3/h4-11,17,22H,12-16H2,1-3H3. The highest BCUT2D eigenvalue weighted by Crippen LogP contribution is 2.18. The average Bonchev–Trinajstić information content (AvgIpc) is 2.62. The fraction of sp³-hybridized carbons (Fsp3) is 0.429. The quantitative estimate of drug-likeness (QED) is 0.598. The summed E-state index contributed by atoms with van der Waals surface area (Å²) in [5.74, 6) is 2.45. The van der Waals surface area contributed by atoms with Gasteiger partial charge in [-0.25, -0.2) is 0 Å². The van der Waals surface area contributed by atoms with Gasteiger partial charge in [0.2, 0.25) is 0 Å². The first-order valence-electron chi connectivity index (χ1n) is 8.85. The molecule has 0 fully saturated rings. The average molecular weight is 343 g/mol. The van der Waals surface area contributed by atoms with Crippen molar-refractivity contribution in [2.24, 2.45) is 5.92 Å². The maximum absolute atomic E-state index is 5.74. The van der Waals surface area contributed by atoms with Gasteiger partial charge in [0.05, 0.1) is 13.2 Å². The zero-order chi connectivity index (χ0) is 17.9. The highest BCUT2D eigenvalue weighted by Gasteiger charge is 1.99. The maximum atomic E-state index is 5.74. The molecule has 4 heteroatoms. The normalized spacial score (nSPS) is 10.7. The minimum atomic E-state index is 0.569. The molecule has 0 aliphatic carbocycles. The minimum Gasteiger partial charge on any atom is -0.494 e. The first-order chi connectivity index (χ1) is 12.2. The molecule has 2 aromatic rings.